The summed E-state index contributed by atoms with van der Waals surface area (Å²) in [5.74, 6) is -4.05. The first-order valence-electron chi connectivity index (χ1n) is 8.96. The van der Waals surface area contributed by atoms with Crippen LogP contribution in [-0.4, -0.2) is 29.6 Å². The number of ether oxygens (including phenoxy) is 1. The number of carbonyl (C=O) groups is 4. The van der Waals surface area contributed by atoms with Crippen molar-refractivity contribution in [1.82, 2.24) is 5.32 Å². The molecular weight excluding hydrogens is 398 g/mol. The van der Waals surface area contributed by atoms with E-state index in [9.17, 15) is 28.0 Å². The predicted molar refractivity (Wildman–Crippen MR) is 103 cm³/mol. The molecular formula is C21H20F2N2O5. The number of amides is 2. The molecule has 0 bridgehead atoms. The summed E-state index contributed by atoms with van der Waals surface area (Å²) >= 11 is 0. The Morgan fingerprint density at radius 1 is 1.07 bits per heavy atom. The van der Waals surface area contributed by atoms with Crippen LogP contribution in [0.5, 0.6) is 5.75 Å². The van der Waals surface area contributed by atoms with Gasteiger partial charge in [-0.2, -0.15) is 0 Å². The van der Waals surface area contributed by atoms with Crippen molar-refractivity contribution in [3.8, 4) is 16.9 Å². The Morgan fingerprint density at radius 2 is 1.77 bits per heavy atom. The van der Waals surface area contributed by atoms with E-state index in [0.29, 0.717) is 5.56 Å². The van der Waals surface area contributed by atoms with Crippen LogP contribution in [0.3, 0.4) is 0 Å². The van der Waals surface area contributed by atoms with Crippen molar-refractivity contribution < 1.29 is 32.7 Å². The minimum absolute atomic E-state index is 0.0258. The molecule has 2 aromatic carbocycles. The van der Waals surface area contributed by atoms with E-state index in [4.69, 9.17) is 10.5 Å². The van der Waals surface area contributed by atoms with Gasteiger partial charge in [0.15, 0.2) is 5.78 Å². The number of esters is 1. The van der Waals surface area contributed by atoms with Crippen LogP contribution in [0.1, 0.15) is 37.0 Å². The molecule has 7 nitrogen and oxygen atoms in total. The highest BCUT2D eigenvalue weighted by molar-refractivity contribution is 5.99. The van der Waals surface area contributed by atoms with Crippen molar-refractivity contribution in [2.75, 3.05) is 0 Å². The fourth-order valence-corrected chi connectivity index (χ4v) is 2.75. The maximum absolute atomic E-state index is 14.0. The summed E-state index contributed by atoms with van der Waals surface area (Å²) in [5, 5.41) is 2.33. The van der Waals surface area contributed by atoms with Crippen LogP contribution in [0.25, 0.3) is 11.1 Å². The van der Waals surface area contributed by atoms with E-state index in [1.165, 1.54) is 38.1 Å². The summed E-state index contributed by atoms with van der Waals surface area (Å²) in [6.45, 7) is 2.45. The molecule has 0 heterocycles. The molecule has 1 unspecified atom stereocenters. The fourth-order valence-electron chi connectivity index (χ4n) is 2.75. The lowest BCUT2D eigenvalue weighted by Crippen LogP contribution is -2.43. The van der Waals surface area contributed by atoms with Gasteiger partial charge in [-0.1, -0.05) is 6.07 Å². The normalized spacial score (nSPS) is 11.5. The van der Waals surface area contributed by atoms with Crippen molar-refractivity contribution >= 4 is 23.6 Å². The molecule has 2 amide bonds. The molecule has 0 saturated heterocycles. The molecule has 0 aromatic heterocycles. The third-order valence-corrected chi connectivity index (χ3v) is 4.18. The molecule has 158 valence electrons. The highest BCUT2D eigenvalue weighted by Crippen LogP contribution is 2.29. The summed E-state index contributed by atoms with van der Waals surface area (Å²) in [7, 11) is 0. The molecule has 0 saturated carbocycles. The van der Waals surface area contributed by atoms with Gasteiger partial charge in [0.05, 0.1) is 5.56 Å². The first-order valence-corrected chi connectivity index (χ1v) is 8.96. The SMILES string of the molecule is CC(=O)NC(CCC(=O)Oc1ccc(-c2ccc(F)cc2F)cc1C(C)=O)C(N)=O. The van der Waals surface area contributed by atoms with Gasteiger partial charge in [0.1, 0.15) is 23.4 Å². The highest BCUT2D eigenvalue weighted by atomic mass is 19.1. The zero-order valence-corrected chi connectivity index (χ0v) is 16.3. The van der Waals surface area contributed by atoms with E-state index >= 15 is 0 Å². The van der Waals surface area contributed by atoms with Gasteiger partial charge in [0.2, 0.25) is 11.8 Å². The maximum atomic E-state index is 14.0. The lowest BCUT2D eigenvalue weighted by molar-refractivity contribution is -0.135. The number of nitrogens with one attached hydrogen (secondary N) is 1. The standard InChI is InChI=1S/C21H20F2N2O5/c1-11(26)16-9-13(15-5-4-14(22)10-17(15)23)3-7-19(16)30-20(28)8-6-18(21(24)29)25-12(2)27/h3-5,7,9-10,18H,6,8H2,1-2H3,(H2,24,29)(H,25,27). The number of hydrogen-bond acceptors (Lipinski definition) is 5. The summed E-state index contributed by atoms with van der Waals surface area (Å²) in [5.41, 5.74) is 5.59. The Labute approximate surface area is 171 Å². The molecule has 0 aliphatic rings. The van der Waals surface area contributed by atoms with Gasteiger partial charge in [-0.25, -0.2) is 8.78 Å². The van der Waals surface area contributed by atoms with Gasteiger partial charge >= 0.3 is 5.97 Å². The zero-order chi connectivity index (χ0) is 22.4. The minimum Gasteiger partial charge on any atom is -0.426 e. The maximum Gasteiger partial charge on any atom is 0.311 e. The number of carbonyl (C=O) groups excluding carboxylic acids is 4. The average molecular weight is 418 g/mol. The first kappa shape index (κ1) is 22.7. The van der Waals surface area contributed by atoms with Gasteiger partial charge in [0, 0.05) is 25.0 Å². The predicted octanol–water partition coefficient (Wildman–Crippen LogP) is 2.51. The second kappa shape index (κ2) is 9.73. The summed E-state index contributed by atoms with van der Waals surface area (Å²) in [4.78, 5) is 46.6. The van der Waals surface area contributed by atoms with E-state index < -0.39 is 41.2 Å². The molecule has 0 radical (unpaired) electrons. The highest BCUT2D eigenvalue weighted by Gasteiger charge is 2.20. The third kappa shape index (κ3) is 5.94. The van der Waals surface area contributed by atoms with Gasteiger partial charge < -0.3 is 15.8 Å². The zero-order valence-electron chi connectivity index (χ0n) is 16.3. The van der Waals surface area contributed by atoms with Crippen LogP contribution in [0.15, 0.2) is 36.4 Å². The van der Waals surface area contributed by atoms with Gasteiger partial charge in [0.25, 0.3) is 0 Å². The van der Waals surface area contributed by atoms with Gasteiger partial charge in [-0.3, -0.25) is 19.2 Å². The number of rotatable bonds is 8. The van der Waals surface area contributed by atoms with Crippen LogP contribution in [0.2, 0.25) is 0 Å². The Balaban J connectivity index is 2.19. The number of benzene rings is 2. The van der Waals surface area contributed by atoms with Gasteiger partial charge in [-0.05, 0) is 43.2 Å². The smallest absolute Gasteiger partial charge is 0.311 e. The number of ketones is 1. The second-order valence-corrected chi connectivity index (χ2v) is 6.56. The van der Waals surface area contributed by atoms with Crippen LogP contribution < -0.4 is 15.8 Å². The average Bonchev–Trinajstić information content (AvgIpc) is 2.65. The molecule has 3 N–H and O–H groups in total. The van der Waals surface area contributed by atoms with Crippen LogP contribution >= 0.6 is 0 Å². The number of Topliss-reactive ketones (excluding diaryl/α,β-unsaturated/α-hetero) is 1. The van der Waals surface area contributed by atoms with Crippen LogP contribution in [0.4, 0.5) is 8.78 Å². The van der Waals surface area contributed by atoms with Crippen LogP contribution in [-0.2, 0) is 14.4 Å². The van der Waals surface area contributed by atoms with Gasteiger partial charge in [-0.15, -0.1) is 0 Å². The molecule has 0 aliphatic carbocycles. The van der Waals surface area contributed by atoms with E-state index in [1.807, 2.05) is 0 Å². The second-order valence-electron chi connectivity index (χ2n) is 6.56. The lowest BCUT2D eigenvalue weighted by atomic mass is 10.00. The molecule has 30 heavy (non-hydrogen) atoms. The number of primary amides is 1. The fraction of sp³-hybridized carbons (Fsp3) is 0.238. The molecule has 2 rings (SSSR count). The van der Waals surface area contributed by atoms with Crippen molar-refractivity contribution in [3.05, 3.63) is 53.6 Å². The Kier molecular flexibility index (Phi) is 7.35. The van der Waals surface area contributed by atoms with E-state index in [-0.39, 0.29) is 29.7 Å². The Bertz CT molecular complexity index is 1010. The van der Waals surface area contributed by atoms with E-state index in [2.05, 4.69) is 5.32 Å². The van der Waals surface area contributed by atoms with Crippen molar-refractivity contribution in [2.24, 2.45) is 5.73 Å². The van der Waals surface area contributed by atoms with Crippen LogP contribution in [0, 0.1) is 11.6 Å². The lowest BCUT2D eigenvalue weighted by Gasteiger charge is -2.14. The topological polar surface area (TPSA) is 116 Å². The Morgan fingerprint density at radius 3 is 2.33 bits per heavy atom. The van der Waals surface area contributed by atoms with E-state index in [0.717, 1.165) is 12.1 Å². The third-order valence-electron chi connectivity index (χ3n) is 4.18. The number of halogens is 2. The molecule has 9 heteroatoms. The number of hydrogen-bond donors (Lipinski definition) is 2. The summed E-state index contributed by atoms with van der Waals surface area (Å²) < 4.78 is 32.4. The van der Waals surface area contributed by atoms with E-state index in [1.54, 1.807) is 0 Å². The minimum atomic E-state index is -1.04. The Hall–Kier alpha value is -3.62. The molecule has 0 spiro atoms. The molecule has 1 atom stereocenters. The molecule has 0 aliphatic heterocycles. The molecule has 2 aromatic rings. The molecule has 0 fully saturated rings. The van der Waals surface area contributed by atoms with Crippen molar-refractivity contribution in [3.63, 3.8) is 0 Å². The summed E-state index contributed by atoms with van der Waals surface area (Å²) in [6.07, 6.45) is -0.332. The largest absolute Gasteiger partial charge is 0.426 e. The monoisotopic (exact) mass is 418 g/mol. The quantitative estimate of drug-likeness (QED) is 0.388. The van der Waals surface area contributed by atoms with Crippen molar-refractivity contribution in [1.29, 1.82) is 0 Å². The number of nitrogens with two attached hydrogens (primary N) is 1. The summed E-state index contributed by atoms with van der Waals surface area (Å²) in [6, 6.07) is 6.10. The first-order chi connectivity index (χ1) is 14.1. The van der Waals surface area contributed by atoms with Crippen molar-refractivity contribution in [2.45, 2.75) is 32.7 Å².